The number of anilines is 2. The molecule has 1 aromatic rings. The Morgan fingerprint density at radius 3 is 2.82 bits per heavy atom. The van der Waals surface area contributed by atoms with E-state index in [0.717, 1.165) is 26.0 Å². The molecule has 0 radical (unpaired) electrons. The number of carbonyl (C=O) groups is 1. The number of nitrogen functional groups attached to an aromatic ring is 1. The van der Waals surface area contributed by atoms with Crippen LogP contribution in [0.25, 0.3) is 0 Å². The quantitative estimate of drug-likeness (QED) is 0.491. The summed E-state index contributed by atoms with van der Waals surface area (Å²) < 4.78 is 4.95. The smallest absolute Gasteiger partial charge is 0.250 e. The van der Waals surface area contributed by atoms with Gasteiger partial charge in [0.15, 0.2) is 0 Å². The molecule has 1 amide bonds. The number of unbranched alkanes of at least 4 members (excludes halogenated alkanes) is 1. The number of hydrogen-bond acceptors (Lipinski definition) is 4. The Hall–Kier alpha value is -1.75. The lowest BCUT2D eigenvalue weighted by molar-refractivity contribution is 0.100. The molecule has 0 aliphatic rings. The van der Waals surface area contributed by atoms with Crippen molar-refractivity contribution in [3.63, 3.8) is 0 Å². The number of nitrogens with two attached hydrogens (primary N) is 2. The van der Waals surface area contributed by atoms with Crippen LogP contribution in [-0.2, 0) is 4.74 Å². The maximum absolute atomic E-state index is 11.2. The molecule has 94 valence electrons. The van der Waals surface area contributed by atoms with Gasteiger partial charge in [0.1, 0.15) is 0 Å². The van der Waals surface area contributed by atoms with Gasteiger partial charge in [0.25, 0.3) is 5.91 Å². The number of carbonyl (C=O) groups excluding carboxylic acids is 1. The van der Waals surface area contributed by atoms with E-state index in [1.54, 1.807) is 25.3 Å². The third-order valence-corrected chi connectivity index (χ3v) is 2.40. The van der Waals surface area contributed by atoms with Crippen molar-refractivity contribution >= 4 is 17.3 Å². The third-order valence-electron chi connectivity index (χ3n) is 2.40. The Kier molecular flexibility index (Phi) is 5.29. The van der Waals surface area contributed by atoms with Crippen LogP contribution in [0.3, 0.4) is 0 Å². The van der Waals surface area contributed by atoms with Gasteiger partial charge in [0, 0.05) is 31.6 Å². The fourth-order valence-electron chi connectivity index (χ4n) is 1.52. The van der Waals surface area contributed by atoms with Gasteiger partial charge in [-0.3, -0.25) is 4.79 Å². The van der Waals surface area contributed by atoms with E-state index in [1.165, 1.54) is 0 Å². The highest BCUT2D eigenvalue weighted by Crippen LogP contribution is 2.18. The highest BCUT2D eigenvalue weighted by molar-refractivity contribution is 5.99. The Balaban J connectivity index is 2.56. The van der Waals surface area contributed by atoms with E-state index >= 15 is 0 Å². The molecule has 0 bridgehead atoms. The Bertz CT molecular complexity index is 380. The predicted molar refractivity (Wildman–Crippen MR) is 69.0 cm³/mol. The van der Waals surface area contributed by atoms with Crippen molar-refractivity contribution in [1.29, 1.82) is 0 Å². The van der Waals surface area contributed by atoms with E-state index in [1.807, 2.05) is 0 Å². The molecule has 0 fully saturated rings. The second-order valence-electron chi connectivity index (χ2n) is 3.80. The fraction of sp³-hybridized carbons (Fsp3) is 0.417. The molecule has 0 heterocycles. The van der Waals surface area contributed by atoms with Crippen molar-refractivity contribution < 1.29 is 9.53 Å². The maximum Gasteiger partial charge on any atom is 0.250 e. The molecule has 5 N–H and O–H groups in total. The van der Waals surface area contributed by atoms with E-state index in [0.29, 0.717) is 16.9 Å². The van der Waals surface area contributed by atoms with Crippen LogP contribution in [0.15, 0.2) is 18.2 Å². The molecular weight excluding hydrogens is 218 g/mol. The minimum atomic E-state index is -0.454. The van der Waals surface area contributed by atoms with Gasteiger partial charge in [-0.25, -0.2) is 0 Å². The number of primary amides is 1. The van der Waals surface area contributed by atoms with Crippen molar-refractivity contribution in [2.75, 3.05) is 31.3 Å². The summed E-state index contributed by atoms with van der Waals surface area (Å²) in [6.45, 7) is 1.49. The first-order valence-corrected chi connectivity index (χ1v) is 5.57. The zero-order valence-electron chi connectivity index (χ0n) is 10.0. The van der Waals surface area contributed by atoms with Crippen LogP contribution in [0.5, 0.6) is 0 Å². The van der Waals surface area contributed by atoms with E-state index < -0.39 is 5.91 Å². The molecule has 5 heteroatoms. The van der Waals surface area contributed by atoms with Crippen LogP contribution in [-0.4, -0.2) is 26.2 Å². The molecule has 1 aromatic carbocycles. The molecular formula is C12H19N3O2. The molecule has 0 spiro atoms. The summed E-state index contributed by atoms with van der Waals surface area (Å²) in [6, 6.07) is 5.02. The van der Waals surface area contributed by atoms with Crippen LogP contribution >= 0.6 is 0 Å². The van der Waals surface area contributed by atoms with Crippen molar-refractivity contribution in [2.24, 2.45) is 5.73 Å². The second-order valence-corrected chi connectivity index (χ2v) is 3.80. The standard InChI is InChI=1S/C12H19N3O2/c1-17-7-3-2-6-15-11-8-9(13)4-5-10(11)12(14)16/h4-5,8,15H,2-3,6-7,13H2,1H3,(H2,14,16). The minimum absolute atomic E-state index is 0.454. The molecule has 17 heavy (non-hydrogen) atoms. The van der Waals surface area contributed by atoms with Crippen LogP contribution in [0.4, 0.5) is 11.4 Å². The van der Waals surface area contributed by atoms with Gasteiger partial charge < -0.3 is 21.5 Å². The predicted octanol–water partition coefficient (Wildman–Crippen LogP) is 1.21. The fourth-order valence-corrected chi connectivity index (χ4v) is 1.52. The lowest BCUT2D eigenvalue weighted by Gasteiger charge is -2.10. The van der Waals surface area contributed by atoms with E-state index in [9.17, 15) is 4.79 Å². The number of ether oxygens (including phenoxy) is 1. The van der Waals surface area contributed by atoms with Crippen molar-refractivity contribution in [2.45, 2.75) is 12.8 Å². The van der Waals surface area contributed by atoms with Crippen LogP contribution in [0.1, 0.15) is 23.2 Å². The molecule has 0 saturated carbocycles. The minimum Gasteiger partial charge on any atom is -0.399 e. The van der Waals surface area contributed by atoms with Crippen molar-refractivity contribution in [3.05, 3.63) is 23.8 Å². The zero-order chi connectivity index (χ0) is 12.7. The molecule has 0 saturated heterocycles. The van der Waals surface area contributed by atoms with E-state index in [2.05, 4.69) is 5.32 Å². The molecule has 1 rings (SSSR count). The number of methoxy groups -OCH3 is 1. The monoisotopic (exact) mass is 237 g/mol. The van der Waals surface area contributed by atoms with Gasteiger partial charge in [-0.2, -0.15) is 0 Å². The summed E-state index contributed by atoms with van der Waals surface area (Å²) in [4.78, 5) is 11.2. The summed E-state index contributed by atoms with van der Waals surface area (Å²) in [6.07, 6.45) is 1.93. The lowest BCUT2D eigenvalue weighted by atomic mass is 10.1. The summed E-state index contributed by atoms with van der Waals surface area (Å²) in [5.41, 5.74) is 12.7. The number of rotatable bonds is 7. The zero-order valence-corrected chi connectivity index (χ0v) is 10.0. The molecule has 0 unspecified atom stereocenters. The Morgan fingerprint density at radius 1 is 1.41 bits per heavy atom. The number of hydrogen-bond donors (Lipinski definition) is 3. The molecule has 0 aromatic heterocycles. The Morgan fingerprint density at radius 2 is 2.18 bits per heavy atom. The van der Waals surface area contributed by atoms with E-state index in [4.69, 9.17) is 16.2 Å². The van der Waals surface area contributed by atoms with Gasteiger partial charge in [-0.1, -0.05) is 0 Å². The van der Waals surface area contributed by atoms with Crippen molar-refractivity contribution in [3.8, 4) is 0 Å². The largest absolute Gasteiger partial charge is 0.399 e. The lowest BCUT2D eigenvalue weighted by Crippen LogP contribution is -2.15. The SMILES string of the molecule is COCCCCNc1cc(N)ccc1C(N)=O. The second kappa shape index (κ2) is 6.75. The van der Waals surface area contributed by atoms with Gasteiger partial charge in [0.05, 0.1) is 5.56 Å². The number of amides is 1. The van der Waals surface area contributed by atoms with Gasteiger partial charge in [0.2, 0.25) is 0 Å². The first-order chi connectivity index (χ1) is 8.15. The summed E-state index contributed by atoms with van der Waals surface area (Å²) in [5, 5.41) is 3.16. The molecule has 0 atom stereocenters. The van der Waals surface area contributed by atoms with Gasteiger partial charge in [-0.05, 0) is 31.0 Å². The van der Waals surface area contributed by atoms with Crippen LogP contribution in [0.2, 0.25) is 0 Å². The summed E-state index contributed by atoms with van der Waals surface area (Å²) in [7, 11) is 1.68. The van der Waals surface area contributed by atoms with Gasteiger partial charge in [-0.15, -0.1) is 0 Å². The average Bonchev–Trinajstić information content (AvgIpc) is 2.28. The highest BCUT2D eigenvalue weighted by atomic mass is 16.5. The summed E-state index contributed by atoms with van der Waals surface area (Å²) >= 11 is 0. The highest BCUT2D eigenvalue weighted by Gasteiger charge is 2.07. The van der Waals surface area contributed by atoms with Crippen LogP contribution in [0, 0.1) is 0 Å². The number of nitrogens with one attached hydrogen (secondary N) is 1. The average molecular weight is 237 g/mol. The first kappa shape index (κ1) is 13.3. The third kappa shape index (κ3) is 4.32. The normalized spacial score (nSPS) is 10.2. The molecule has 0 aliphatic heterocycles. The number of benzene rings is 1. The molecule has 5 nitrogen and oxygen atoms in total. The van der Waals surface area contributed by atoms with Gasteiger partial charge >= 0.3 is 0 Å². The van der Waals surface area contributed by atoms with Crippen molar-refractivity contribution in [1.82, 2.24) is 0 Å². The molecule has 0 aliphatic carbocycles. The summed E-state index contributed by atoms with van der Waals surface area (Å²) in [5.74, 6) is -0.454. The first-order valence-electron chi connectivity index (χ1n) is 5.57. The topological polar surface area (TPSA) is 90.4 Å². The maximum atomic E-state index is 11.2. The van der Waals surface area contributed by atoms with E-state index in [-0.39, 0.29) is 0 Å². The van der Waals surface area contributed by atoms with Crippen LogP contribution < -0.4 is 16.8 Å². The Labute approximate surface area is 101 Å².